The molecule has 2 aromatic carbocycles. The average Bonchev–Trinajstić information content (AvgIpc) is 2.51. The van der Waals surface area contributed by atoms with Gasteiger partial charge in [-0.2, -0.15) is 4.98 Å². The summed E-state index contributed by atoms with van der Waals surface area (Å²) in [5, 5.41) is 6.62. The van der Waals surface area contributed by atoms with Crippen LogP contribution >= 0.6 is 0 Å². The minimum atomic E-state index is 0.587. The van der Waals surface area contributed by atoms with Crippen molar-refractivity contribution < 1.29 is 0 Å². The Kier molecular flexibility index (Phi) is 4.24. The summed E-state index contributed by atoms with van der Waals surface area (Å²) < 4.78 is 0. The van der Waals surface area contributed by atoms with Crippen LogP contribution in [0, 0.1) is 20.8 Å². The summed E-state index contributed by atoms with van der Waals surface area (Å²) >= 11 is 0. The van der Waals surface area contributed by atoms with Crippen molar-refractivity contribution in [1.29, 1.82) is 0 Å². The highest BCUT2D eigenvalue weighted by Crippen LogP contribution is 2.22. The van der Waals surface area contributed by atoms with Gasteiger partial charge in [-0.05, 0) is 50.1 Å². The Morgan fingerprint density at radius 3 is 2.35 bits per heavy atom. The van der Waals surface area contributed by atoms with E-state index in [1.807, 2.05) is 43.3 Å². The largest absolute Gasteiger partial charge is 0.340 e. The molecule has 1 heterocycles. The van der Waals surface area contributed by atoms with Gasteiger partial charge in [-0.25, -0.2) is 4.98 Å². The number of anilines is 4. The summed E-state index contributed by atoms with van der Waals surface area (Å²) in [6.07, 6.45) is 0. The van der Waals surface area contributed by atoms with Gasteiger partial charge in [0.1, 0.15) is 5.82 Å². The van der Waals surface area contributed by atoms with E-state index in [1.54, 1.807) is 0 Å². The van der Waals surface area contributed by atoms with E-state index in [0.717, 1.165) is 22.9 Å². The molecular weight excluding hydrogens is 284 g/mol. The Labute approximate surface area is 136 Å². The molecule has 0 unspecified atom stereocenters. The van der Waals surface area contributed by atoms with Crippen LogP contribution in [0.15, 0.2) is 54.6 Å². The smallest absolute Gasteiger partial charge is 0.229 e. The van der Waals surface area contributed by atoms with Gasteiger partial charge >= 0.3 is 0 Å². The number of rotatable bonds is 4. The van der Waals surface area contributed by atoms with Crippen LogP contribution in [0.1, 0.15) is 16.8 Å². The van der Waals surface area contributed by atoms with Gasteiger partial charge < -0.3 is 10.6 Å². The van der Waals surface area contributed by atoms with E-state index in [-0.39, 0.29) is 0 Å². The van der Waals surface area contributed by atoms with E-state index in [1.165, 1.54) is 11.1 Å². The van der Waals surface area contributed by atoms with E-state index >= 15 is 0 Å². The first-order valence-electron chi connectivity index (χ1n) is 7.62. The summed E-state index contributed by atoms with van der Waals surface area (Å²) in [7, 11) is 0. The maximum Gasteiger partial charge on any atom is 0.229 e. The molecule has 0 aliphatic rings. The topological polar surface area (TPSA) is 49.8 Å². The number of aromatic nitrogens is 2. The maximum atomic E-state index is 4.56. The molecule has 4 nitrogen and oxygen atoms in total. The van der Waals surface area contributed by atoms with Gasteiger partial charge in [-0.1, -0.05) is 30.3 Å². The Bertz CT molecular complexity index is 813. The van der Waals surface area contributed by atoms with Crippen molar-refractivity contribution in [3.63, 3.8) is 0 Å². The quantitative estimate of drug-likeness (QED) is 0.720. The zero-order chi connectivity index (χ0) is 16.2. The second-order valence-corrected chi connectivity index (χ2v) is 5.65. The summed E-state index contributed by atoms with van der Waals surface area (Å²) in [6, 6.07) is 18.2. The monoisotopic (exact) mass is 304 g/mol. The van der Waals surface area contributed by atoms with Crippen LogP contribution in [-0.4, -0.2) is 9.97 Å². The minimum absolute atomic E-state index is 0.587. The predicted molar refractivity (Wildman–Crippen MR) is 95.7 cm³/mol. The fraction of sp³-hybridized carbons (Fsp3) is 0.158. The van der Waals surface area contributed by atoms with Crippen molar-refractivity contribution in [2.24, 2.45) is 0 Å². The van der Waals surface area contributed by atoms with Gasteiger partial charge in [-0.3, -0.25) is 0 Å². The zero-order valence-electron chi connectivity index (χ0n) is 13.6. The molecular formula is C19H20N4. The molecule has 0 atom stereocenters. The number of para-hydroxylation sites is 1. The molecule has 4 heteroatoms. The van der Waals surface area contributed by atoms with Crippen LogP contribution in [0.5, 0.6) is 0 Å². The number of benzene rings is 2. The minimum Gasteiger partial charge on any atom is -0.340 e. The third kappa shape index (κ3) is 3.86. The summed E-state index contributed by atoms with van der Waals surface area (Å²) in [4.78, 5) is 9.01. The molecule has 0 bridgehead atoms. The van der Waals surface area contributed by atoms with Crippen LogP contribution in [0.4, 0.5) is 23.1 Å². The molecule has 1 aromatic heterocycles. The molecule has 0 aliphatic carbocycles. The highest BCUT2D eigenvalue weighted by atomic mass is 15.1. The van der Waals surface area contributed by atoms with Crippen molar-refractivity contribution in [2.45, 2.75) is 20.8 Å². The van der Waals surface area contributed by atoms with Gasteiger partial charge in [-0.15, -0.1) is 0 Å². The number of hydrogen-bond acceptors (Lipinski definition) is 4. The van der Waals surface area contributed by atoms with Crippen LogP contribution in [0.25, 0.3) is 0 Å². The molecule has 3 rings (SSSR count). The van der Waals surface area contributed by atoms with E-state index < -0.39 is 0 Å². The third-order valence-electron chi connectivity index (χ3n) is 3.54. The van der Waals surface area contributed by atoms with Gasteiger partial charge in [0.2, 0.25) is 5.95 Å². The van der Waals surface area contributed by atoms with Crippen LogP contribution in [0.2, 0.25) is 0 Å². The molecule has 2 N–H and O–H groups in total. The lowest BCUT2D eigenvalue weighted by Gasteiger charge is -2.12. The molecule has 0 fully saturated rings. The second kappa shape index (κ2) is 6.48. The Morgan fingerprint density at radius 1 is 0.783 bits per heavy atom. The van der Waals surface area contributed by atoms with Gasteiger partial charge in [0, 0.05) is 23.1 Å². The van der Waals surface area contributed by atoms with Crippen molar-refractivity contribution in [3.8, 4) is 0 Å². The number of nitrogens with one attached hydrogen (secondary N) is 2. The summed E-state index contributed by atoms with van der Waals surface area (Å²) in [5.41, 5.74) is 5.34. The summed E-state index contributed by atoms with van der Waals surface area (Å²) in [6.45, 7) is 6.13. The third-order valence-corrected chi connectivity index (χ3v) is 3.54. The molecule has 0 radical (unpaired) electrons. The van der Waals surface area contributed by atoms with Crippen molar-refractivity contribution in [1.82, 2.24) is 9.97 Å². The first-order chi connectivity index (χ1) is 11.1. The lowest BCUT2D eigenvalue weighted by Crippen LogP contribution is -2.03. The van der Waals surface area contributed by atoms with Crippen molar-refractivity contribution in [2.75, 3.05) is 10.6 Å². The van der Waals surface area contributed by atoms with Crippen molar-refractivity contribution in [3.05, 3.63) is 71.4 Å². The Hall–Kier alpha value is -2.88. The lowest BCUT2D eigenvalue weighted by atomic mass is 10.1. The molecule has 0 spiro atoms. The van der Waals surface area contributed by atoms with Crippen molar-refractivity contribution >= 4 is 23.1 Å². The van der Waals surface area contributed by atoms with E-state index in [4.69, 9.17) is 0 Å². The SMILES string of the molecule is Cc1ccc(C)c(Nc2cc(C)nc(Nc3ccccc3)n2)c1. The number of hydrogen-bond donors (Lipinski definition) is 2. The average molecular weight is 304 g/mol. The number of aryl methyl sites for hydroxylation is 3. The van der Waals surface area contributed by atoms with E-state index in [0.29, 0.717) is 5.95 Å². The molecule has 0 saturated carbocycles. The fourth-order valence-electron chi connectivity index (χ4n) is 2.35. The zero-order valence-corrected chi connectivity index (χ0v) is 13.6. The highest BCUT2D eigenvalue weighted by Gasteiger charge is 2.05. The Morgan fingerprint density at radius 2 is 1.57 bits per heavy atom. The second-order valence-electron chi connectivity index (χ2n) is 5.65. The highest BCUT2D eigenvalue weighted by molar-refractivity contribution is 5.63. The molecule has 3 aromatic rings. The normalized spacial score (nSPS) is 10.4. The van der Waals surface area contributed by atoms with Crippen LogP contribution < -0.4 is 10.6 Å². The molecule has 0 saturated heterocycles. The van der Waals surface area contributed by atoms with Crippen LogP contribution in [-0.2, 0) is 0 Å². The first kappa shape index (κ1) is 15.0. The van der Waals surface area contributed by atoms with E-state index in [2.05, 4.69) is 52.6 Å². The molecule has 0 amide bonds. The Balaban J connectivity index is 1.87. The number of nitrogens with zero attached hydrogens (tertiary/aromatic N) is 2. The van der Waals surface area contributed by atoms with Gasteiger partial charge in [0.15, 0.2) is 0 Å². The lowest BCUT2D eigenvalue weighted by molar-refractivity contribution is 1.11. The first-order valence-corrected chi connectivity index (χ1v) is 7.62. The summed E-state index contributed by atoms with van der Waals surface area (Å²) in [5.74, 6) is 1.37. The standard InChI is InChI=1S/C19H20N4/c1-13-9-10-14(2)17(11-13)22-18-12-15(3)20-19(23-18)21-16-7-5-4-6-8-16/h4-12H,1-3H3,(H2,20,21,22,23). The van der Waals surface area contributed by atoms with Gasteiger partial charge in [0.05, 0.1) is 0 Å². The molecule has 23 heavy (non-hydrogen) atoms. The predicted octanol–water partition coefficient (Wildman–Crippen LogP) is 4.89. The molecule has 116 valence electrons. The maximum absolute atomic E-state index is 4.56. The van der Waals surface area contributed by atoms with Gasteiger partial charge in [0.25, 0.3) is 0 Å². The van der Waals surface area contributed by atoms with E-state index in [9.17, 15) is 0 Å². The fourth-order valence-corrected chi connectivity index (χ4v) is 2.35. The molecule has 0 aliphatic heterocycles. The van der Waals surface area contributed by atoms with Crippen LogP contribution in [0.3, 0.4) is 0 Å².